The highest BCUT2D eigenvalue weighted by atomic mass is 35.5. The van der Waals surface area contributed by atoms with Gasteiger partial charge in [-0.3, -0.25) is 9.69 Å². The van der Waals surface area contributed by atoms with Gasteiger partial charge in [0.2, 0.25) is 15.9 Å². The second-order valence-corrected chi connectivity index (χ2v) is 10.9. The highest BCUT2D eigenvalue weighted by molar-refractivity contribution is 7.89. The molecule has 2 heterocycles. The van der Waals surface area contributed by atoms with Crippen molar-refractivity contribution < 1.29 is 17.9 Å². The predicted molar refractivity (Wildman–Crippen MR) is 127 cm³/mol. The van der Waals surface area contributed by atoms with Crippen LogP contribution in [-0.4, -0.2) is 62.9 Å². The lowest BCUT2D eigenvalue weighted by molar-refractivity contribution is -0.126. The Kier molecular flexibility index (Phi) is 8.03. The molecule has 0 radical (unpaired) electrons. The summed E-state index contributed by atoms with van der Waals surface area (Å²) in [6, 6.07) is 14.3. The van der Waals surface area contributed by atoms with Gasteiger partial charge in [0, 0.05) is 44.3 Å². The van der Waals surface area contributed by atoms with E-state index in [-0.39, 0.29) is 23.3 Å². The number of sulfonamides is 1. The number of carbonyl (C=O) groups is 1. The van der Waals surface area contributed by atoms with Gasteiger partial charge in [0.1, 0.15) is 0 Å². The monoisotopic (exact) mass is 491 g/mol. The van der Waals surface area contributed by atoms with E-state index < -0.39 is 10.0 Å². The highest BCUT2D eigenvalue weighted by Gasteiger charge is 2.33. The second kappa shape index (κ2) is 11.0. The molecule has 178 valence electrons. The van der Waals surface area contributed by atoms with E-state index in [0.29, 0.717) is 31.0 Å². The number of carbonyl (C=O) groups excluding carboxylic acids is 1. The minimum absolute atomic E-state index is 0.104. The van der Waals surface area contributed by atoms with Crippen molar-refractivity contribution >= 4 is 27.5 Å². The SMILES string of the molecule is O=C(NCc1ccccc1CN1CCOCC1)[C@H]1CCCN(S(=O)(=O)c2ccc(Cl)cc2)C1. The molecule has 0 spiro atoms. The van der Waals surface area contributed by atoms with Gasteiger partial charge >= 0.3 is 0 Å². The van der Waals surface area contributed by atoms with Gasteiger partial charge in [-0.2, -0.15) is 4.31 Å². The molecule has 0 bridgehead atoms. The van der Waals surface area contributed by atoms with Crippen LogP contribution in [0.3, 0.4) is 0 Å². The molecule has 1 amide bonds. The van der Waals surface area contributed by atoms with Gasteiger partial charge in [-0.15, -0.1) is 0 Å². The lowest BCUT2D eigenvalue weighted by Crippen LogP contribution is -2.45. The predicted octanol–water partition coefficient (Wildman–Crippen LogP) is 2.89. The number of hydrogen-bond acceptors (Lipinski definition) is 5. The summed E-state index contributed by atoms with van der Waals surface area (Å²) in [6.07, 6.45) is 1.33. The van der Waals surface area contributed by atoms with E-state index in [2.05, 4.69) is 16.3 Å². The molecule has 33 heavy (non-hydrogen) atoms. The third kappa shape index (κ3) is 6.13. The minimum atomic E-state index is -3.66. The van der Waals surface area contributed by atoms with E-state index in [1.165, 1.54) is 22.0 Å². The van der Waals surface area contributed by atoms with Gasteiger partial charge in [0.15, 0.2) is 0 Å². The first-order valence-electron chi connectivity index (χ1n) is 11.3. The third-order valence-corrected chi connectivity index (χ3v) is 8.41. The molecule has 2 aromatic carbocycles. The summed E-state index contributed by atoms with van der Waals surface area (Å²) in [5.74, 6) is -0.473. The Balaban J connectivity index is 1.37. The van der Waals surface area contributed by atoms with E-state index in [4.69, 9.17) is 16.3 Å². The summed E-state index contributed by atoms with van der Waals surface area (Å²) in [4.78, 5) is 15.5. The lowest BCUT2D eigenvalue weighted by atomic mass is 9.98. The van der Waals surface area contributed by atoms with Gasteiger partial charge in [-0.1, -0.05) is 35.9 Å². The second-order valence-electron chi connectivity index (χ2n) is 8.53. The quantitative estimate of drug-likeness (QED) is 0.644. The molecule has 4 rings (SSSR count). The summed E-state index contributed by atoms with van der Waals surface area (Å²) in [7, 11) is -3.66. The summed E-state index contributed by atoms with van der Waals surface area (Å²) in [6.45, 7) is 5.16. The number of halogens is 1. The molecule has 0 saturated carbocycles. The average Bonchev–Trinajstić information content (AvgIpc) is 2.84. The first-order chi connectivity index (χ1) is 15.9. The number of amides is 1. The topological polar surface area (TPSA) is 79.0 Å². The summed E-state index contributed by atoms with van der Waals surface area (Å²) < 4.78 is 32.9. The first-order valence-corrected chi connectivity index (χ1v) is 13.2. The fourth-order valence-corrected chi connectivity index (χ4v) is 5.99. The van der Waals surface area contributed by atoms with Crippen LogP contribution >= 0.6 is 11.6 Å². The van der Waals surface area contributed by atoms with Crippen LogP contribution in [0.25, 0.3) is 0 Å². The summed E-state index contributed by atoms with van der Waals surface area (Å²) >= 11 is 5.89. The van der Waals surface area contributed by atoms with Crippen LogP contribution in [0.5, 0.6) is 0 Å². The van der Waals surface area contributed by atoms with Crippen molar-refractivity contribution in [2.75, 3.05) is 39.4 Å². The molecule has 2 aliphatic rings. The zero-order valence-corrected chi connectivity index (χ0v) is 20.2. The van der Waals surface area contributed by atoms with Crippen molar-refractivity contribution in [1.82, 2.24) is 14.5 Å². The van der Waals surface area contributed by atoms with Crippen LogP contribution in [0.15, 0.2) is 53.4 Å². The average molecular weight is 492 g/mol. The van der Waals surface area contributed by atoms with Crippen molar-refractivity contribution in [3.8, 4) is 0 Å². The van der Waals surface area contributed by atoms with Gasteiger partial charge in [-0.05, 0) is 48.2 Å². The van der Waals surface area contributed by atoms with E-state index >= 15 is 0 Å². The molecule has 0 unspecified atom stereocenters. The number of morpholine rings is 1. The number of hydrogen-bond donors (Lipinski definition) is 1. The number of nitrogens with zero attached hydrogens (tertiary/aromatic N) is 2. The molecular formula is C24H30ClN3O4S. The Labute approximate surface area is 200 Å². The fourth-order valence-electron chi connectivity index (χ4n) is 4.34. The third-order valence-electron chi connectivity index (χ3n) is 6.28. The number of nitrogens with one attached hydrogen (secondary N) is 1. The van der Waals surface area contributed by atoms with Crippen molar-refractivity contribution in [2.24, 2.45) is 5.92 Å². The number of piperidine rings is 1. The van der Waals surface area contributed by atoms with Gasteiger partial charge < -0.3 is 10.1 Å². The largest absolute Gasteiger partial charge is 0.379 e. The summed E-state index contributed by atoms with van der Waals surface area (Å²) in [5, 5.41) is 3.53. The Hall–Kier alpha value is -1.97. The summed E-state index contributed by atoms with van der Waals surface area (Å²) in [5.41, 5.74) is 2.27. The van der Waals surface area contributed by atoms with E-state index in [0.717, 1.165) is 38.4 Å². The maximum Gasteiger partial charge on any atom is 0.243 e. The number of ether oxygens (including phenoxy) is 1. The van der Waals surface area contributed by atoms with Crippen LogP contribution < -0.4 is 5.32 Å². The van der Waals surface area contributed by atoms with Gasteiger partial charge in [0.25, 0.3) is 0 Å². The maximum absolute atomic E-state index is 13.0. The molecular weight excluding hydrogens is 462 g/mol. The minimum Gasteiger partial charge on any atom is -0.379 e. The molecule has 0 aliphatic carbocycles. The normalized spacial score (nSPS) is 20.5. The zero-order chi connectivity index (χ0) is 23.3. The van der Waals surface area contributed by atoms with Gasteiger partial charge in [-0.25, -0.2) is 8.42 Å². The molecule has 0 aromatic heterocycles. The Bertz CT molecular complexity index is 1060. The van der Waals surface area contributed by atoms with Crippen molar-refractivity contribution in [3.63, 3.8) is 0 Å². The van der Waals surface area contributed by atoms with Crippen molar-refractivity contribution in [3.05, 3.63) is 64.7 Å². The van der Waals surface area contributed by atoms with Crippen LogP contribution in [0, 0.1) is 5.92 Å². The van der Waals surface area contributed by atoms with Gasteiger partial charge in [0.05, 0.1) is 24.0 Å². The molecule has 1 N–H and O–H groups in total. The highest BCUT2D eigenvalue weighted by Crippen LogP contribution is 2.25. The molecule has 2 saturated heterocycles. The Morgan fingerprint density at radius 3 is 2.45 bits per heavy atom. The molecule has 1 atom stereocenters. The van der Waals surface area contributed by atoms with Crippen LogP contribution in [0.1, 0.15) is 24.0 Å². The Morgan fingerprint density at radius 1 is 1.03 bits per heavy atom. The number of rotatable bonds is 7. The first kappa shape index (κ1) is 24.2. The molecule has 7 nitrogen and oxygen atoms in total. The molecule has 2 aliphatic heterocycles. The van der Waals surface area contributed by atoms with Crippen molar-refractivity contribution in [2.45, 2.75) is 30.8 Å². The maximum atomic E-state index is 13.0. The van der Waals surface area contributed by atoms with Crippen molar-refractivity contribution in [1.29, 1.82) is 0 Å². The van der Waals surface area contributed by atoms with E-state index in [9.17, 15) is 13.2 Å². The smallest absolute Gasteiger partial charge is 0.243 e. The Morgan fingerprint density at radius 2 is 1.73 bits per heavy atom. The molecule has 9 heteroatoms. The lowest BCUT2D eigenvalue weighted by Gasteiger charge is -2.31. The van der Waals surface area contributed by atoms with E-state index in [1.807, 2.05) is 18.2 Å². The molecule has 2 aromatic rings. The van der Waals surface area contributed by atoms with E-state index in [1.54, 1.807) is 12.1 Å². The van der Waals surface area contributed by atoms with Crippen LogP contribution in [-0.2, 0) is 32.6 Å². The zero-order valence-electron chi connectivity index (χ0n) is 18.6. The standard InChI is InChI=1S/C24H30ClN3O4S/c25-22-7-9-23(10-8-22)33(30,31)28-11-3-6-21(18-28)24(29)26-16-19-4-1-2-5-20(19)17-27-12-14-32-15-13-27/h1-2,4-5,7-10,21H,3,6,11-18H2,(H,26,29)/t21-/m0/s1. The number of benzene rings is 2. The fraction of sp³-hybridized carbons (Fsp3) is 0.458. The van der Waals surface area contributed by atoms with Crippen LogP contribution in [0.2, 0.25) is 5.02 Å². The van der Waals surface area contributed by atoms with Crippen LogP contribution in [0.4, 0.5) is 0 Å². The molecule has 2 fully saturated rings.